The van der Waals surface area contributed by atoms with Crippen molar-refractivity contribution in [2.75, 3.05) is 6.61 Å². The second-order valence-corrected chi connectivity index (χ2v) is 9.48. The number of fused-ring (bicyclic) bond motifs is 2. The Morgan fingerprint density at radius 2 is 1.91 bits per heavy atom. The maximum Gasteiger partial charge on any atom is 0.340 e. The summed E-state index contributed by atoms with van der Waals surface area (Å²) < 4.78 is 11.3. The van der Waals surface area contributed by atoms with Crippen LogP contribution in [0.5, 0.6) is 5.88 Å². The Labute approximate surface area is 188 Å². The molecule has 0 spiro atoms. The van der Waals surface area contributed by atoms with Crippen molar-refractivity contribution < 1.29 is 14.3 Å². The highest BCUT2D eigenvalue weighted by Gasteiger charge is 2.40. The van der Waals surface area contributed by atoms with Crippen molar-refractivity contribution in [2.24, 2.45) is 5.73 Å². The van der Waals surface area contributed by atoms with E-state index in [0.29, 0.717) is 24.5 Å². The number of cyclic esters (lactones) is 1. The molecule has 4 rings (SSSR count). The van der Waals surface area contributed by atoms with Gasteiger partial charge in [0.2, 0.25) is 5.88 Å². The first-order valence-electron chi connectivity index (χ1n) is 10.9. The van der Waals surface area contributed by atoms with E-state index in [1.165, 1.54) is 0 Å². The fourth-order valence-corrected chi connectivity index (χ4v) is 4.03. The summed E-state index contributed by atoms with van der Waals surface area (Å²) in [7, 11) is 0. The lowest BCUT2D eigenvalue weighted by Gasteiger charge is -2.36. The third-order valence-electron chi connectivity index (χ3n) is 6.14. The number of nitrogens with zero attached hydrogens (tertiary/aromatic N) is 3. The highest BCUT2D eigenvalue weighted by Crippen LogP contribution is 2.37. The zero-order valence-electron chi connectivity index (χ0n) is 19.5. The lowest BCUT2D eigenvalue weighted by atomic mass is 9.84. The van der Waals surface area contributed by atoms with Gasteiger partial charge in [0.15, 0.2) is 0 Å². The summed E-state index contributed by atoms with van der Waals surface area (Å²) in [5.41, 5.74) is 9.20. The smallest absolute Gasteiger partial charge is 0.340 e. The molecular formula is C25H30N4O3. The predicted molar refractivity (Wildman–Crippen MR) is 123 cm³/mol. The van der Waals surface area contributed by atoms with Crippen LogP contribution in [0, 0.1) is 0 Å². The van der Waals surface area contributed by atoms with Gasteiger partial charge in [0, 0.05) is 41.7 Å². The number of esters is 1. The molecule has 0 saturated heterocycles. The summed E-state index contributed by atoms with van der Waals surface area (Å²) in [6, 6.07) is 5.70. The van der Waals surface area contributed by atoms with Crippen LogP contribution in [0.4, 0.5) is 0 Å². The lowest BCUT2D eigenvalue weighted by Crippen LogP contribution is -2.39. The van der Waals surface area contributed by atoms with Gasteiger partial charge in [0.1, 0.15) is 5.60 Å². The molecule has 0 saturated carbocycles. The van der Waals surface area contributed by atoms with Crippen molar-refractivity contribution in [3.63, 3.8) is 0 Å². The van der Waals surface area contributed by atoms with Gasteiger partial charge in [-0.3, -0.25) is 9.97 Å². The van der Waals surface area contributed by atoms with Crippen molar-refractivity contribution in [2.45, 2.75) is 65.0 Å². The zero-order valence-corrected chi connectivity index (χ0v) is 19.5. The van der Waals surface area contributed by atoms with Gasteiger partial charge in [0.25, 0.3) is 0 Å². The Kier molecular flexibility index (Phi) is 5.41. The first-order valence-corrected chi connectivity index (χ1v) is 10.9. The Morgan fingerprint density at radius 1 is 1.16 bits per heavy atom. The van der Waals surface area contributed by atoms with Crippen molar-refractivity contribution >= 4 is 16.7 Å². The van der Waals surface area contributed by atoms with Gasteiger partial charge < -0.3 is 15.2 Å². The van der Waals surface area contributed by atoms with Crippen molar-refractivity contribution in [3.8, 4) is 5.88 Å². The summed E-state index contributed by atoms with van der Waals surface area (Å²) in [6.45, 7) is 12.2. The molecule has 32 heavy (non-hydrogen) atoms. The van der Waals surface area contributed by atoms with Gasteiger partial charge in [-0.2, -0.15) is 0 Å². The van der Waals surface area contributed by atoms with E-state index in [9.17, 15) is 4.79 Å². The molecule has 0 aromatic carbocycles. The first-order chi connectivity index (χ1) is 15.0. The van der Waals surface area contributed by atoms with Gasteiger partial charge in [0.05, 0.1) is 23.3 Å². The van der Waals surface area contributed by atoms with Crippen LogP contribution in [0.2, 0.25) is 0 Å². The van der Waals surface area contributed by atoms with Crippen molar-refractivity contribution in [3.05, 3.63) is 58.8 Å². The molecule has 0 aliphatic carbocycles. The van der Waals surface area contributed by atoms with E-state index in [4.69, 9.17) is 20.2 Å². The fourth-order valence-electron chi connectivity index (χ4n) is 4.03. The topological polar surface area (TPSA) is 100 Å². The fraction of sp³-hybridized carbons (Fsp3) is 0.440. The van der Waals surface area contributed by atoms with Gasteiger partial charge in [-0.05, 0) is 63.8 Å². The maximum atomic E-state index is 12.4. The van der Waals surface area contributed by atoms with Gasteiger partial charge in [-0.1, -0.05) is 6.92 Å². The second-order valence-electron chi connectivity index (χ2n) is 9.48. The van der Waals surface area contributed by atoms with Gasteiger partial charge in [-0.25, -0.2) is 9.78 Å². The number of carbonyl (C=O) groups is 1. The van der Waals surface area contributed by atoms with Crippen molar-refractivity contribution in [1.82, 2.24) is 15.0 Å². The molecule has 2 N–H and O–H groups in total. The van der Waals surface area contributed by atoms with Gasteiger partial charge >= 0.3 is 5.97 Å². The number of hydrogen-bond donors (Lipinski definition) is 1. The molecule has 4 heterocycles. The highest BCUT2D eigenvalue weighted by atomic mass is 16.6. The maximum absolute atomic E-state index is 12.4. The molecule has 0 bridgehead atoms. The zero-order chi connectivity index (χ0) is 23.3. The molecule has 1 aliphatic rings. The minimum absolute atomic E-state index is 0.0100. The van der Waals surface area contributed by atoms with Crippen LogP contribution >= 0.6 is 0 Å². The second kappa shape index (κ2) is 7.81. The third-order valence-corrected chi connectivity index (χ3v) is 6.14. The minimum atomic E-state index is -0.596. The molecule has 7 nitrogen and oxygen atoms in total. The monoisotopic (exact) mass is 434 g/mol. The number of carbonyl (C=O) groups excluding carboxylic acids is 1. The van der Waals surface area contributed by atoms with Crippen LogP contribution < -0.4 is 10.5 Å². The molecule has 1 aliphatic heterocycles. The SMILES string of the molecule is CCOc1ncc(C(C)(C)N)c2cc(Cc3ccc4c(n3)[C@@H](C)C(C)(C)OC4=O)ncc12. The standard InChI is InChI=1S/C25H30N4O3/c1-7-31-22-19-12-27-16(11-18(19)20(13-28-22)24(3,4)26)10-15-8-9-17-21(29-15)14(2)25(5,6)32-23(17)30/h8-9,11-14H,7,10,26H2,1-6H3/t14-/m1/s1. The van der Waals surface area contributed by atoms with Crippen LogP contribution in [0.3, 0.4) is 0 Å². The van der Waals surface area contributed by atoms with E-state index in [-0.39, 0.29) is 11.9 Å². The third kappa shape index (κ3) is 3.93. The molecule has 0 unspecified atom stereocenters. The van der Waals surface area contributed by atoms with Crippen LogP contribution in [0.25, 0.3) is 10.8 Å². The number of nitrogens with two attached hydrogens (primary N) is 1. The average molecular weight is 435 g/mol. The summed E-state index contributed by atoms with van der Waals surface area (Å²) in [5.74, 6) is 0.219. The molecule has 7 heteroatoms. The minimum Gasteiger partial charge on any atom is -0.477 e. The van der Waals surface area contributed by atoms with Crippen LogP contribution in [0.15, 0.2) is 30.6 Å². The highest BCUT2D eigenvalue weighted by molar-refractivity contribution is 5.92. The normalized spacial score (nSPS) is 17.7. The van der Waals surface area contributed by atoms with Gasteiger partial charge in [-0.15, -0.1) is 0 Å². The quantitative estimate of drug-likeness (QED) is 0.599. The Balaban J connectivity index is 1.76. The number of pyridine rings is 3. The Hall–Kier alpha value is -3.06. The van der Waals surface area contributed by atoms with E-state index < -0.39 is 11.1 Å². The summed E-state index contributed by atoms with van der Waals surface area (Å²) >= 11 is 0. The molecule has 1 atom stereocenters. The lowest BCUT2D eigenvalue weighted by molar-refractivity contribution is -0.0190. The Morgan fingerprint density at radius 3 is 2.59 bits per heavy atom. The van der Waals surface area contributed by atoms with Crippen molar-refractivity contribution in [1.29, 1.82) is 0 Å². The number of aromatic nitrogens is 3. The van der Waals surface area contributed by atoms with Crippen LogP contribution in [-0.2, 0) is 16.7 Å². The molecular weight excluding hydrogens is 404 g/mol. The molecule has 0 fully saturated rings. The molecule has 3 aromatic heterocycles. The van der Waals surface area contributed by atoms with Crippen LogP contribution in [-0.4, -0.2) is 33.1 Å². The number of rotatable bonds is 5. The number of hydrogen-bond acceptors (Lipinski definition) is 7. The molecule has 0 radical (unpaired) electrons. The van der Waals surface area contributed by atoms with Crippen LogP contribution in [0.1, 0.15) is 80.5 Å². The van der Waals surface area contributed by atoms with E-state index >= 15 is 0 Å². The van der Waals surface area contributed by atoms with E-state index in [1.54, 1.807) is 18.5 Å². The summed E-state index contributed by atoms with van der Waals surface area (Å²) in [6.07, 6.45) is 4.10. The molecule has 3 aromatic rings. The Bertz CT molecular complexity index is 1200. The first kappa shape index (κ1) is 22.1. The largest absolute Gasteiger partial charge is 0.477 e. The summed E-state index contributed by atoms with van der Waals surface area (Å²) in [4.78, 5) is 26.3. The molecule has 0 amide bonds. The predicted octanol–water partition coefficient (Wildman–Crippen LogP) is 4.26. The number of ether oxygens (including phenoxy) is 2. The average Bonchev–Trinajstić information content (AvgIpc) is 2.71. The summed E-state index contributed by atoms with van der Waals surface area (Å²) in [5, 5.41) is 1.81. The van der Waals surface area contributed by atoms with E-state index in [2.05, 4.69) is 9.97 Å². The van der Waals surface area contributed by atoms with E-state index in [1.807, 2.05) is 53.7 Å². The van der Waals surface area contributed by atoms with E-state index in [0.717, 1.165) is 33.4 Å². The molecule has 168 valence electrons.